The molecule has 1 aromatic rings. The fourth-order valence-electron chi connectivity index (χ4n) is 4.18. The second-order valence-corrected chi connectivity index (χ2v) is 13.2. The Hall–Kier alpha value is -4.16. The van der Waals surface area contributed by atoms with Crippen molar-refractivity contribution in [2.75, 3.05) is 18.4 Å². The van der Waals surface area contributed by atoms with Gasteiger partial charge in [0.05, 0.1) is 0 Å². The number of benzene rings is 1. The van der Waals surface area contributed by atoms with Gasteiger partial charge >= 0.3 is 12.1 Å². The molecule has 0 saturated carbocycles. The molecule has 0 aliphatic carbocycles. The second kappa shape index (κ2) is 20.1. The predicted octanol–water partition coefficient (Wildman–Crippen LogP) is 3.76. The minimum Gasteiger partial charge on any atom is -0.445 e. The average Bonchev–Trinajstić information content (AvgIpc) is 2.97. The predicted molar refractivity (Wildman–Crippen MR) is 177 cm³/mol. The van der Waals surface area contributed by atoms with Crippen molar-refractivity contribution in [3.8, 4) is 0 Å². The Morgan fingerprint density at radius 3 is 2.00 bits per heavy atom. The zero-order valence-electron chi connectivity index (χ0n) is 28.4. The molecule has 13 heteroatoms. The molecule has 7 N–H and O–H groups in total. The zero-order chi connectivity index (χ0) is 34.9. The van der Waals surface area contributed by atoms with Gasteiger partial charge < -0.3 is 37.1 Å². The zero-order valence-corrected chi connectivity index (χ0v) is 28.4. The molecule has 0 aromatic heterocycles. The molecule has 0 aliphatic heterocycles. The van der Waals surface area contributed by atoms with Gasteiger partial charge in [0.25, 0.3) is 0 Å². The Labute approximate surface area is 272 Å². The van der Waals surface area contributed by atoms with Crippen molar-refractivity contribution in [1.82, 2.24) is 21.3 Å². The van der Waals surface area contributed by atoms with Crippen LogP contribution >= 0.6 is 0 Å². The Morgan fingerprint density at radius 2 is 1.43 bits per heavy atom. The highest BCUT2D eigenvalue weighted by Crippen LogP contribution is 2.17. The van der Waals surface area contributed by atoms with Crippen molar-refractivity contribution in [2.24, 2.45) is 23.0 Å². The Bertz CT molecular complexity index is 1160. The van der Waals surface area contributed by atoms with Gasteiger partial charge in [-0.3, -0.25) is 19.2 Å². The van der Waals surface area contributed by atoms with Crippen LogP contribution in [0.1, 0.15) is 92.6 Å². The number of rotatable bonds is 19. The summed E-state index contributed by atoms with van der Waals surface area (Å²) in [5.41, 5.74) is 5.87. The van der Waals surface area contributed by atoms with Gasteiger partial charge in [-0.05, 0) is 55.2 Å². The normalized spacial score (nSPS) is 12.5. The molecule has 46 heavy (non-hydrogen) atoms. The van der Waals surface area contributed by atoms with E-state index in [1.807, 2.05) is 48.5 Å². The maximum absolute atomic E-state index is 13.3. The first-order chi connectivity index (χ1) is 21.5. The molecular formula is C33H54N6O7. The average molecular weight is 647 g/mol. The van der Waals surface area contributed by atoms with Crippen molar-refractivity contribution in [3.63, 3.8) is 0 Å². The quantitative estimate of drug-likeness (QED) is 0.123. The summed E-state index contributed by atoms with van der Waals surface area (Å²) in [6.45, 7) is 13.8. The fraction of sp³-hybridized carbons (Fsp3) is 0.636. The molecule has 0 bridgehead atoms. The van der Waals surface area contributed by atoms with Crippen molar-refractivity contribution >= 4 is 41.3 Å². The Balaban J connectivity index is 2.76. The van der Waals surface area contributed by atoms with E-state index in [9.17, 15) is 28.8 Å². The summed E-state index contributed by atoms with van der Waals surface area (Å²) in [6, 6.07) is 4.19. The summed E-state index contributed by atoms with van der Waals surface area (Å²) >= 11 is 0. The monoisotopic (exact) mass is 646 g/mol. The number of anilines is 1. The number of alkyl carbamates (subject to hydrolysis) is 1. The second-order valence-electron chi connectivity index (χ2n) is 13.2. The minimum atomic E-state index is -0.957. The van der Waals surface area contributed by atoms with Crippen LogP contribution in [0.15, 0.2) is 24.3 Å². The molecule has 0 radical (unpaired) electrons. The van der Waals surface area contributed by atoms with Crippen molar-refractivity contribution in [2.45, 2.75) is 106 Å². The number of Topliss-reactive ketones (excluding diaryl/α,β-unsaturated/α-hetero) is 1. The van der Waals surface area contributed by atoms with Crippen LogP contribution in [-0.2, 0) is 30.5 Å². The van der Waals surface area contributed by atoms with Gasteiger partial charge in [0.1, 0.15) is 24.5 Å². The molecular weight excluding hydrogens is 592 g/mol. The van der Waals surface area contributed by atoms with Gasteiger partial charge in [0.2, 0.25) is 17.7 Å². The van der Waals surface area contributed by atoms with E-state index in [1.54, 1.807) is 24.3 Å². The van der Waals surface area contributed by atoms with Gasteiger partial charge in [-0.2, -0.15) is 0 Å². The highest BCUT2D eigenvalue weighted by molar-refractivity contribution is 5.98. The number of ketones is 1. The summed E-state index contributed by atoms with van der Waals surface area (Å²) in [7, 11) is 0. The maximum Gasteiger partial charge on any atom is 0.407 e. The lowest BCUT2D eigenvalue weighted by atomic mass is 9.88. The highest BCUT2D eigenvalue weighted by Gasteiger charge is 2.29. The van der Waals surface area contributed by atoms with Crippen LogP contribution in [0.25, 0.3) is 0 Å². The molecule has 0 fully saturated rings. The molecule has 0 aliphatic rings. The van der Waals surface area contributed by atoms with E-state index in [-0.39, 0.29) is 37.2 Å². The van der Waals surface area contributed by atoms with Crippen molar-refractivity contribution < 1.29 is 33.5 Å². The lowest BCUT2D eigenvalue weighted by molar-refractivity contribution is -0.132. The first kappa shape index (κ1) is 39.9. The van der Waals surface area contributed by atoms with Crippen LogP contribution in [0, 0.1) is 17.3 Å². The summed E-state index contributed by atoms with van der Waals surface area (Å²) < 4.78 is 5.23. The molecule has 1 aromatic carbocycles. The van der Waals surface area contributed by atoms with E-state index < -0.39 is 41.4 Å². The summed E-state index contributed by atoms with van der Waals surface area (Å²) in [5.74, 6) is -0.949. The topological polar surface area (TPSA) is 198 Å². The smallest absolute Gasteiger partial charge is 0.407 e. The van der Waals surface area contributed by atoms with Gasteiger partial charge in [0, 0.05) is 37.0 Å². The van der Waals surface area contributed by atoms with Crippen LogP contribution in [-0.4, -0.2) is 60.8 Å². The third kappa shape index (κ3) is 16.8. The van der Waals surface area contributed by atoms with E-state index in [0.29, 0.717) is 55.8 Å². The van der Waals surface area contributed by atoms with Crippen LogP contribution in [0.2, 0.25) is 0 Å². The van der Waals surface area contributed by atoms with E-state index in [4.69, 9.17) is 10.5 Å². The number of hydrogen-bond donors (Lipinski definition) is 6. The van der Waals surface area contributed by atoms with Crippen LogP contribution in [0.4, 0.5) is 15.3 Å². The molecule has 258 valence electrons. The van der Waals surface area contributed by atoms with Gasteiger partial charge in [0.15, 0.2) is 0 Å². The first-order valence-electron chi connectivity index (χ1n) is 16.0. The summed E-state index contributed by atoms with van der Waals surface area (Å²) in [4.78, 5) is 74.0. The van der Waals surface area contributed by atoms with Gasteiger partial charge in [-0.1, -0.05) is 60.6 Å². The summed E-state index contributed by atoms with van der Waals surface area (Å²) in [5, 5.41) is 13.4. The molecule has 1 rings (SSSR count). The van der Waals surface area contributed by atoms with Gasteiger partial charge in [-0.25, -0.2) is 9.59 Å². The fourth-order valence-corrected chi connectivity index (χ4v) is 4.18. The third-order valence-electron chi connectivity index (χ3n) is 7.09. The number of urea groups is 1. The van der Waals surface area contributed by atoms with E-state index in [0.717, 1.165) is 0 Å². The number of nitrogens with one attached hydrogen (secondary N) is 5. The molecule has 0 spiro atoms. The Kier molecular flexibility index (Phi) is 17.4. The van der Waals surface area contributed by atoms with Crippen molar-refractivity contribution in [1.29, 1.82) is 0 Å². The number of carbonyl (C=O) groups excluding carboxylic acids is 6. The molecule has 6 amide bonds. The molecule has 13 nitrogen and oxygen atoms in total. The molecule has 0 saturated heterocycles. The standard InChI is InChI=1S/C33H54N6O7/c1-21(2)12-17-27(41)39-28(22(3)4)30(43)38-25(10-8-18-35-31(34)44)29(42)37-24-15-13-23(14-16-24)20-46-32(45)36-19-9-11-26(40)33(5,6)7/h13-16,21-22,25,28H,8-12,17-20H2,1-7H3,(H,36,45)(H,37,42)(H,38,43)(H,39,41)(H3,34,35,44)/t25-,28-/m0/s1. The van der Waals surface area contributed by atoms with Crippen molar-refractivity contribution in [3.05, 3.63) is 29.8 Å². The first-order valence-corrected chi connectivity index (χ1v) is 16.0. The van der Waals surface area contributed by atoms with Crippen LogP contribution < -0.4 is 32.3 Å². The largest absolute Gasteiger partial charge is 0.445 e. The number of ether oxygens (including phenoxy) is 1. The number of primary amides is 1. The van der Waals surface area contributed by atoms with Crippen LogP contribution in [0.3, 0.4) is 0 Å². The van der Waals surface area contributed by atoms with Gasteiger partial charge in [-0.15, -0.1) is 0 Å². The Morgan fingerprint density at radius 1 is 0.804 bits per heavy atom. The number of amides is 6. The SMILES string of the molecule is CC(C)CCC(=O)N[C@H](C(=O)N[C@@H](CCCNC(N)=O)C(=O)Nc1ccc(COC(=O)NCCCC(=O)C(C)(C)C)cc1)C(C)C. The molecule has 2 atom stereocenters. The lowest BCUT2D eigenvalue weighted by Crippen LogP contribution is -2.54. The molecule has 0 unspecified atom stereocenters. The number of hydrogen-bond acceptors (Lipinski definition) is 7. The summed E-state index contributed by atoms with van der Waals surface area (Å²) in [6.07, 6.45) is 1.85. The van der Waals surface area contributed by atoms with E-state index in [1.165, 1.54) is 0 Å². The minimum absolute atomic E-state index is 0.00596. The van der Waals surface area contributed by atoms with E-state index in [2.05, 4.69) is 26.6 Å². The van der Waals surface area contributed by atoms with Crippen LogP contribution in [0.5, 0.6) is 0 Å². The molecule has 0 heterocycles. The number of carbonyl (C=O) groups is 6. The lowest BCUT2D eigenvalue weighted by Gasteiger charge is -2.25. The maximum atomic E-state index is 13.3. The number of nitrogens with two attached hydrogens (primary N) is 1. The van der Waals surface area contributed by atoms with E-state index >= 15 is 0 Å². The third-order valence-corrected chi connectivity index (χ3v) is 7.09. The highest BCUT2D eigenvalue weighted by atomic mass is 16.5.